The molecule has 0 unspecified atom stereocenters. The Morgan fingerprint density at radius 3 is 2.45 bits per heavy atom. The lowest BCUT2D eigenvalue weighted by molar-refractivity contribution is -0.133. The fraction of sp³-hybridized carbons (Fsp3) is 0.273. The minimum atomic E-state index is -1.48. The molecule has 0 spiro atoms. The van der Waals surface area contributed by atoms with E-state index in [2.05, 4.69) is 10.5 Å². The maximum Gasteiger partial charge on any atom is 0.355 e. The van der Waals surface area contributed by atoms with Gasteiger partial charge in [0.1, 0.15) is 5.92 Å². The van der Waals surface area contributed by atoms with Crippen LogP contribution in [-0.2, 0) is 24.7 Å². The maximum absolute atomic E-state index is 13.7. The van der Waals surface area contributed by atoms with Gasteiger partial charge in [0.2, 0.25) is 5.91 Å². The van der Waals surface area contributed by atoms with Gasteiger partial charge in [0, 0.05) is 0 Å². The van der Waals surface area contributed by atoms with Crippen molar-refractivity contribution in [2.75, 3.05) is 12.0 Å². The zero-order chi connectivity index (χ0) is 20.9. The fourth-order valence-electron chi connectivity index (χ4n) is 4.01. The number of methoxy groups -OCH3 is 1. The van der Waals surface area contributed by atoms with Crippen LogP contribution in [0.3, 0.4) is 0 Å². The summed E-state index contributed by atoms with van der Waals surface area (Å²) >= 11 is 0. The van der Waals surface area contributed by atoms with Crippen LogP contribution in [0, 0.1) is 26.7 Å². The molecule has 2 aliphatic heterocycles. The van der Waals surface area contributed by atoms with Gasteiger partial charge in [0.15, 0.2) is 11.3 Å². The molecule has 29 heavy (non-hydrogen) atoms. The molecule has 2 heterocycles. The number of benzene rings is 2. The van der Waals surface area contributed by atoms with Crippen molar-refractivity contribution in [1.29, 1.82) is 0 Å². The number of carbonyl (C=O) groups excluding carboxylic acids is 3. The van der Waals surface area contributed by atoms with Crippen molar-refractivity contribution in [3.05, 3.63) is 64.7 Å². The van der Waals surface area contributed by atoms with Gasteiger partial charge < -0.3 is 4.74 Å². The smallest absolute Gasteiger partial charge is 0.355 e. The number of hydrogen-bond donors (Lipinski definition) is 1. The van der Waals surface area contributed by atoms with Crippen molar-refractivity contribution >= 4 is 29.2 Å². The Labute approximate surface area is 168 Å². The molecule has 7 nitrogen and oxygen atoms in total. The van der Waals surface area contributed by atoms with E-state index in [9.17, 15) is 14.4 Å². The molecule has 1 fully saturated rings. The summed E-state index contributed by atoms with van der Waals surface area (Å²) in [5, 5.41) is 4.05. The summed E-state index contributed by atoms with van der Waals surface area (Å²) in [5.41, 5.74) is 5.11. The molecule has 0 aliphatic carbocycles. The number of esters is 1. The van der Waals surface area contributed by atoms with Gasteiger partial charge in [0.25, 0.3) is 5.91 Å². The monoisotopic (exact) mass is 391 g/mol. The molecular weight excluding hydrogens is 370 g/mol. The highest BCUT2D eigenvalue weighted by atomic mass is 16.5. The Bertz CT molecular complexity index is 1070. The van der Waals surface area contributed by atoms with E-state index in [1.807, 2.05) is 39.0 Å². The molecule has 1 N–H and O–H groups in total. The largest absolute Gasteiger partial charge is 0.464 e. The van der Waals surface area contributed by atoms with Gasteiger partial charge in [-0.2, -0.15) is 5.10 Å². The second-order valence-electron chi connectivity index (χ2n) is 7.41. The molecule has 2 aliphatic rings. The Balaban J connectivity index is 1.92. The number of imide groups is 1. The average molecular weight is 391 g/mol. The Hall–Kier alpha value is -3.48. The summed E-state index contributed by atoms with van der Waals surface area (Å²) in [6.45, 7) is 5.71. The van der Waals surface area contributed by atoms with E-state index >= 15 is 0 Å². The molecule has 0 saturated carbocycles. The van der Waals surface area contributed by atoms with E-state index in [-0.39, 0.29) is 5.71 Å². The van der Waals surface area contributed by atoms with Gasteiger partial charge in [0.05, 0.1) is 12.8 Å². The highest BCUT2D eigenvalue weighted by molar-refractivity contribution is 6.47. The van der Waals surface area contributed by atoms with Crippen molar-refractivity contribution in [3.63, 3.8) is 0 Å². The molecule has 0 aromatic heterocycles. The van der Waals surface area contributed by atoms with Crippen molar-refractivity contribution in [2.45, 2.75) is 26.3 Å². The molecule has 2 aromatic rings. The number of amides is 2. The Morgan fingerprint density at radius 2 is 1.79 bits per heavy atom. The highest BCUT2D eigenvalue weighted by Crippen LogP contribution is 2.45. The van der Waals surface area contributed by atoms with Crippen molar-refractivity contribution in [3.8, 4) is 0 Å². The molecule has 148 valence electrons. The third-order valence-corrected chi connectivity index (χ3v) is 5.79. The summed E-state index contributed by atoms with van der Waals surface area (Å²) in [4.78, 5) is 40.7. The molecule has 4 rings (SSSR count). The summed E-state index contributed by atoms with van der Waals surface area (Å²) in [6.07, 6.45) is 0. The van der Waals surface area contributed by atoms with Crippen LogP contribution < -0.4 is 10.3 Å². The van der Waals surface area contributed by atoms with Crippen LogP contribution in [0.5, 0.6) is 0 Å². The first-order chi connectivity index (χ1) is 13.8. The third-order valence-electron chi connectivity index (χ3n) is 5.79. The number of rotatable bonds is 3. The normalized spacial score (nSPS) is 23.0. The number of nitrogens with one attached hydrogen (secondary N) is 1. The van der Waals surface area contributed by atoms with Gasteiger partial charge in [-0.05, 0) is 43.5 Å². The van der Waals surface area contributed by atoms with E-state index in [4.69, 9.17) is 4.74 Å². The van der Waals surface area contributed by atoms with E-state index in [1.165, 1.54) is 7.11 Å². The van der Waals surface area contributed by atoms with Gasteiger partial charge >= 0.3 is 5.97 Å². The lowest BCUT2D eigenvalue weighted by atomic mass is 9.78. The number of hydrazone groups is 1. The number of carbonyl (C=O) groups is 3. The number of anilines is 1. The number of hydrogen-bond acceptors (Lipinski definition) is 6. The van der Waals surface area contributed by atoms with Gasteiger partial charge in [-0.1, -0.05) is 42.0 Å². The predicted molar refractivity (Wildman–Crippen MR) is 107 cm³/mol. The first-order valence-corrected chi connectivity index (χ1v) is 9.27. The zero-order valence-corrected chi connectivity index (χ0v) is 16.6. The van der Waals surface area contributed by atoms with Crippen LogP contribution >= 0.6 is 0 Å². The molecule has 2 atom stereocenters. The summed E-state index contributed by atoms with van der Waals surface area (Å²) in [5.74, 6) is -2.81. The average Bonchev–Trinajstić information content (AvgIpc) is 3.21. The Morgan fingerprint density at radius 1 is 1.10 bits per heavy atom. The van der Waals surface area contributed by atoms with Crippen molar-refractivity contribution < 1.29 is 19.1 Å². The van der Waals surface area contributed by atoms with Gasteiger partial charge in [-0.3, -0.25) is 15.0 Å². The summed E-state index contributed by atoms with van der Waals surface area (Å²) in [7, 11) is 1.22. The zero-order valence-electron chi connectivity index (χ0n) is 16.6. The van der Waals surface area contributed by atoms with E-state index in [0.29, 0.717) is 11.3 Å². The van der Waals surface area contributed by atoms with Gasteiger partial charge in [-0.15, -0.1) is 0 Å². The van der Waals surface area contributed by atoms with Crippen LogP contribution in [0.15, 0.2) is 47.6 Å². The van der Waals surface area contributed by atoms with Crippen LogP contribution in [0.4, 0.5) is 5.69 Å². The number of aryl methyl sites for hydroxylation is 2. The minimum absolute atomic E-state index is 0.0979. The highest BCUT2D eigenvalue weighted by Gasteiger charge is 2.67. The number of fused-ring (bicyclic) bond motifs is 1. The number of ether oxygens (including phenoxy) is 1. The molecule has 2 aromatic carbocycles. The quantitative estimate of drug-likeness (QED) is 0.640. The summed E-state index contributed by atoms with van der Waals surface area (Å²) < 4.78 is 4.82. The Kier molecular flexibility index (Phi) is 4.26. The van der Waals surface area contributed by atoms with Crippen molar-refractivity contribution in [2.24, 2.45) is 11.0 Å². The first kappa shape index (κ1) is 18.9. The molecule has 1 saturated heterocycles. The molecule has 0 radical (unpaired) electrons. The topological polar surface area (TPSA) is 88.1 Å². The van der Waals surface area contributed by atoms with E-state index < -0.39 is 29.2 Å². The first-order valence-electron chi connectivity index (χ1n) is 9.27. The standard InChI is InChI=1S/C22H21N3O4/c1-12-8-10-15(11-9-12)22-17(18(23-24-22)20(27)29-4)19(26)25(21(22)28)16-7-5-6-13(2)14(16)3/h5-11,17,24H,1-4H3/t17-,22+/m0/s1. The van der Waals surface area contributed by atoms with E-state index in [1.54, 1.807) is 24.3 Å². The van der Waals surface area contributed by atoms with Crippen LogP contribution in [-0.4, -0.2) is 30.6 Å². The van der Waals surface area contributed by atoms with E-state index in [0.717, 1.165) is 21.6 Å². The second kappa shape index (κ2) is 6.55. The SMILES string of the molecule is COC(=O)C1=NN[C@@]2(c3ccc(C)cc3)C(=O)N(c3cccc(C)c3C)C(=O)[C@H]12. The van der Waals surface area contributed by atoms with Gasteiger partial charge in [-0.25, -0.2) is 9.69 Å². The summed E-state index contributed by atoms with van der Waals surface area (Å²) in [6, 6.07) is 12.7. The third kappa shape index (κ3) is 2.50. The molecule has 7 heteroatoms. The molecule has 0 bridgehead atoms. The second-order valence-corrected chi connectivity index (χ2v) is 7.41. The van der Waals surface area contributed by atoms with Crippen LogP contribution in [0.2, 0.25) is 0 Å². The van der Waals surface area contributed by atoms with Crippen LogP contribution in [0.1, 0.15) is 22.3 Å². The maximum atomic E-state index is 13.7. The molecular formula is C22H21N3O4. The molecule has 2 amide bonds. The van der Waals surface area contributed by atoms with Crippen LogP contribution in [0.25, 0.3) is 0 Å². The van der Waals surface area contributed by atoms with Crippen molar-refractivity contribution in [1.82, 2.24) is 5.43 Å². The lowest BCUT2D eigenvalue weighted by Gasteiger charge is -2.27. The lowest BCUT2D eigenvalue weighted by Crippen LogP contribution is -2.48. The number of nitrogens with zero attached hydrogens (tertiary/aromatic N) is 2. The minimum Gasteiger partial charge on any atom is -0.464 e. The predicted octanol–water partition coefficient (Wildman–Crippen LogP) is 2.13. The fourth-order valence-corrected chi connectivity index (χ4v) is 4.01.